The molecule has 1 heterocycles. The Bertz CT molecular complexity index is 378. The highest BCUT2D eigenvalue weighted by Crippen LogP contribution is 2.37. The van der Waals surface area contributed by atoms with Crippen LogP contribution in [-0.4, -0.2) is 29.9 Å². The molecule has 4 nitrogen and oxygen atoms in total. The first-order valence-corrected chi connectivity index (χ1v) is 7.65. The minimum absolute atomic E-state index is 0.164. The third kappa shape index (κ3) is 5.83. The molecule has 0 radical (unpaired) electrons. The van der Waals surface area contributed by atoms with E-state index in [9.17, 15) is 4.79 Å². The summed E-state index contributed by atoms with van der Waals surface area (Å²) >= 11 is 0. The molecule has 0 saturated carbocycles. The van der Waals surface area contributed by atoms with Gasteiger partial charge >= 0.3 is 13.1 Å². The highest BCUT2D eigenvalue weighted by Gasteiger charge is 2.50. The first-order chi connectivity index (χ1) is 9.43. The van der Waals surface area contributed by atoms with Crippen LogP contribution in [0.5, 0.6) is 0 Å². The summed E-state index contributed by atoms with van der Waals surface area (Å²) in [7, 11) is -0.215. The zero-order valence-electron chi connectivity index (χ0n) is 14.5. The van der Waals surface area contributed by atoms with Crippen LogP contribution in [0.25, 0.3) is 0 Å². The molecule has 0 N–H and O–H groups in total. The molecule has 0 atom stereocenters. The predicted octanol–water partition coefficient (Wildman–Crippen LogP) is 3.76. The molecule has 0 aromatic heterocycles. The molecule has 5 heteroatoms. The molecule has 0 bridgehead atoms. The first-order valence-electron chi connectivity index (χ1n) is 7.65. The van der Waals surface area contributed by atoms with Crippen LogP contribution < -0.4 is 0 Å². The number of carbonyl (C=O) groups is 1. The highest BCUT2D eigenvalue weighted by molar-refractivity contribution is 6.46. The second-order valence-electron chi connectivity index (χ2n) is 7.52. The van der Waals surface area contributed by atoms with Crippen molar-refractivity contribution in [1.82, 2.24) is 0 Å². The Kier molecular flexibility index (Phi) is 5.67. The van der Waals surface area contributed by atoms with Crippen LogP contribution in [0.3, 0.4) is 0 Å². The lowest BCUT2D eigenvalue weighted by Crippen LogP contribution is -2.41. The number of rotatable bonds is 5. The third-order valence-electron chi connectivity index (χ3n) is 3.73. The molecule has 120 valence electrons. The van der Waals surface area contributed by atoms with Crippen LogP contribution in [0.4, 0.5) is 0 Å². The number of allylic oxidation sites excluding steroid dienone is 2. The van der Waals surface area contributed by atoms with E-state index in [1.54, 1.807) is 0 Å². The standard InChI is InChI=1S/C16H29BO4/c1-14(2,3)19-13(18)11-9-8-10-12-17-20-15(4,5)16(6,7)21-17/h8,10H,9,11-12H2,1-7H3/b10-8+. The third-order valence-corrected chi connectivity index (χ3v) is 3.73. The van der Waals surface area contributed by atoms with E-state index in [4.69, 9.17) is 14.0 Å². The van der Waals surface area contributed by atoms with E-state index in [0.29, 0.717) is 19.2 Å². The monoisotopic (exact) mass is 296 g/mol. The van der Waals surface area contributed by atoms with E-state index >= 15 is 0 Å². The second kappa shape index (κ2) is 6.53. The van der Waals surface area contributed by atoms with Gasteiger partial charge in [0.05, 0.1) is 11.2 Å². The molecular weight excluding hydrogens is 267 g/mol. The van der Waals surface area contributed by atoms with Crippen molar-refractivity contribution >= 4 is 13.1 Å². The van der Waals surface area contributed by atoms with Crippen molar-refractivity contribution in [3.05, 3.63) is 12.2 Å². The normalized spacial score (nSPS) is 21.0. The van der Waals surface area contributed by atoms with Crippen LogP contribution in [0.15, 0.2) is 12.2 Å². The van der Waals surface area contributed by atoms with E-state index in [-0.39, 0.29) is 24.3 Å². The maximum absolute atomic E-state index is 11.5. The molecule has 0 unspecified atom stereocenters. The Morgan fingerprint density at radius 3 is 2.10 bits per heavy atom. The van der Waals surface area contributed by atoms with Gasteiger partial charge in [-0.15, -0.1) is 0 Å². The van der Waals surface area contributed by atoms with E-state index < -0.39 is 5.60 Å². The van der Waals surface area contributed by atoms with Crippen LogP contribution in [0, 0.1) is 0 Å². The van der Waals surface area contributed by atoms with Gasteiger partial charge in [-0.1, -0.05) is 12.2 Å². The average molecular weight is 296 g/mol. The molecule has 0 aliphatic carbocycles. The predicted molar refractivity (Wildman–Crippen MR) is 85.1 cm³/mol. The Labute approximate surface area is 129 Å². The summed E-state index contributed by atoms with van der Waals surface area (Å²) in [6, 6.07) is 0. The van der Waals surface area contributed by atoms with Crippen molar-refractivity contribution in [3.8, 4) is 0 Å². The van der Waals surface area contributed by atoms with Gasteiger partial charge in [-0.05, 0) is 54.9 Å². The molecule has 1 aliphatic heterocycles. The van der Waals surface area contributed by atoms with Crippen molar-refractivity contribution in [2.45, 2.75) is 84.4 Å². The van der Waals surface area contributed by atoms with Gasteiger partial charge in [0.15, 0.2) is 0 Å². The van der Waals surface area contributed by atoms with Gasteiger partial charge in [0.25, 0.3) is 0 Å². The Balaban J connectivity index is 2.27. The number of ether oxygens (including phenoxy) is 1. The summed E-state index contributed by atoms with van der Waals surface area (Å²) in [6.07, 6.45) is 5.76. The average Bonchev–Trinajstić information content (AvgIpc) is 2.44. The maximum atomic E-state index is 11.5. The molecule has 1 rings (SSSR count). The molecule has 0 aromatic carbocycles. The van der Waals surface area contributed by atoms with Crippen molar-refractivity contribution in [1.29, 1.82) is 0 Å². The summed E-state index contributed by atoms with van der Waals surface area (Å²) in [5.41, 5.74) is -0.993. The van der Waals surface area contributed by atoms with Gasteiger partial charge in [-0.3, -0.25) is 4.79 Å². The van der Waals surface area contributed by atoms with Gasteiger partial charge in [0.2, 0.25) is 0 Å². The summed E-state index contributed by atoms with van der Waals surface area (Å²) in [4.78, 5) is 11.5. The van der Waals surface area contributed by atoms with Crippen LogP contribution in [-0.2, 0) is 18.8 Å². The summed E-state index contributed by atoms with van der Waals surface area (Å²) in [5, 5.41) is 0. The summed E-state index contributed by atoms with van der Waals surface area (Å²) in [5.74, 6) is -0.164. The van der Waals surface area contributed by atoms with Crippen molar-refractivity contribution < 1.29 is 18.8 Å². The van der Waals surface area contributed by atoms with E-state index in [2.05, 4.69) is 0 Å². The van der Waals surface area contributed by atoms with E-state index in [1.807, 2.05) is 60.6 Å². The number of carbonyl (C=O) groups excluding carboxylic acids is 1. The van der Waals surface area contributed by atoms with Crippen molar-refractivity contribution in [3.63, 3.8) is 0 Å². The Hall–Kier alpha value is -0.805. The molecule has 0 amide bonds. The number of esters is 1. The fraction of sp³-hybridized carbons (Fsp3) is 0.812. The SMILES string of the molecule is CC(C)(C)OC(=O)CC/C=C/CB1OC(C)(C)C(C)(C)O1. The highest BCUT2D eigenvalue weighted by atomic mass is 16.7. The van der Waals surface area contributed by atoms with Gasteiger partial charge in [-0.25, -0.2) is 0 Å². The second-order valence-corrected chi connectivity index (χ2v) is 7.52. The van der Waals surface area contributed by atoms with Gasteiger partial charge < -0.3 is 14.0 Å². The number of hydrogen-bond donors (Lipinski definition) is 0. The van der Waals surface area contributed by atoms with Gasteiger partial charge in [-0.2, -0.15) is 0 Å². The Morgan fingerprint density at radius 1 is 1.10 bits per heavy atom. The minimum Gasteiger partial charge on any atom is -0.460 e. The van der Waals surface area contributed by atoms with Crippen LogP contribution >= 0.6 is 0 Å². The molecule has 0 spiro atoms. The fourth-order valence-corrected chi connectivity index (χ4v) is 1.98. The molecular formula is C16H29BO4. The van der Waals surface area contributed by atoms with Gasteiger partial charge in [0, 0.05) is 12.7 Å². The lowest BCUT2D eigenvalue weighted by Gasteiger charge is -2.32. The smallest absolute Gasteiger partial charge is 0.460 e. The molecule has 1 fully saturated rings. The largest absolute Gasteiger partial charge is 0.461 e. The van der Waals surface area contributed by atoms with E-state index in [0.717, 1.165) is 0 Å². The van der Waals surface area contributed by atoms with Crippen LogP contribution in [0.1, 0.15) is 61.3 Å². The topological polar surface area (TPSA) is 44.8 Å². The lowest BCUT2D eigenvalue weighted by atomic mass is 9.85. The van der Waals surface area contributed by atoms with Crippen molar-refractivity contribution in [2.24, 2.45) is 0 Å². The zero-order chi connectivity index (χ0) is 16.3. The minimum atomic E-state index is -0.413. The molecule has 0 aromatic rings. The zero-order valence-corrected chi connectivity index (χ0v) is 14.5. The van der Waals surface area contributed by atoms with E-state index in [1.165, 1.54) is 0 Å². The maximum Gasteiger partial charge on any atom is 0.461 e. The fourth-order valence-electron chi connectivity index (χ4n) is 1.98. The lowest BCUT2D eigenvalue weighted by molar-refractivity contribution is -0.154. The summed E-state index contributed by atoms with van der Waals surface area (Å²) in [6.45, 7) is 13.8. The quantitative estimate of drug-likeness (QED) is 0.440. The van der Waals surface area contributed by atoms with Gasteiger partial charge in [0.1, 0.15) is 5.60 Å². The van der Waals surface area contributed by atoms with Crippen molar-refractivity contribution in [2.75, 3.05) is 0 Å². The molecule has 1 aliphatic rings. The molecule has 21 heavy (non-hydrogen) atoms. The van der Waals surface area contributed by atoms with Crippen LogP contribution in [0.2, 0.25) is 6.32 Å². The first kappa shape index (κ1) is 18.2. The Morgan fingerprint density at radius 2 is 1.62 bits per heavy atom. The number of hydrogen-bond acceptors (Lipinski definition) is 4. The molecule has 1 saturated heterocycles. The summed E-state index contributed by atoms with van der Waals surface area (Å²) < 4.78 is 17.0.